The summed E-state index contributed by atoms with van der Waals surface area (Å²) in [6.07, 6.45) is 0.582. The van der Waals surface area contributed by atoms with E-state index in [2.05, 4.69) is 11.1 Å². The number of hydrogen-bond acceptors (Lipinski definition) is 3. The van der Waals surface area contributed by atoms with E-state index in [4.69, 9.17) is 0 Å². The van der Waals surface area contributed by atoms with Crippen molar-refractivity contribution in [1.82, 2.24) is 4.98 Å². The van der Waals surface area contributed by atoms with Crippen LogP contribution in [0.4, 0.5) is 10.1 Å². The van der Waals surface area contributed by atoms with Gasteiger partial charge in [0.25, 0.3) is 5.91 Å². The number of nitrogens with zero attached hydrogens (tertiary/aromatic N) is 2. The van der Waals surface area contributed by atoms with Crippen LogP contribution in [0.3, 0.4) is 0 Å². The molecule has 0 aliphatic rings. The Balaban J connectivity index is 1.58. The van der Waals surface area contributed by atoms with Crippen molar-refractivity contribution in [3.63, 3.8) is 0 Å². The number of carbonyl (C=O) groups excluding carboxylic acids is 1. The van der Waals surface area contributed by atoms with Gasteiger partial charge in [0.1, 0.15) is 10.7 Å². The fourth-order valence-electron chi connectivity index (χ4n) is 3.16. The molecule has 0 aliphatic heterocycles. The number of carbonyl (C=O) groups is 1. The maximum atomic E-state index is 13.1. The number of anilines is 1. The molecule has 0 fully saturated rings. The van der Waals surface area contributed by atoms with Gasteiger partial charge in [-0.3, -0.25) is 4.79 Å². The van der Waals surface area contributed by atoms with E-state index in [1.807, 2.05) is 43.3 Å². The quantitative estimate of drug-likeness (QED) is 0.454. The summed E-state index contributed by atoms with van der Waals surface area (Å²) in [5.41, 5.74) is 2.54. The van der Waals surface area contributed by atoms with Crippen molar-refractivity contribution in [3.05, 3.63) is 93.7 Å². The van der Waals surface area contributed by atoms with Crippen LogP contribution < -0.4 is 4.90 Å². The molecule has 4 aromatic rings. The molecule has 0 saturated carbocycles. The highest BCUT2D eigenvalue weighted by atomic mass is 32.1. The van der Waals surface area contributed by atoms with Crippen molar-refractivity contribution < 1.29 is 9.18 Å². The molecule has 0 spiro atoms. The fraction of sp³-hybridized carbons (Fsp3) is 0.130. The molecule has 3 nitrogen and oxygen atoms in total. The van der Waals surface area contributed by atoms with Gasteiger partial charge < -0.3 is 4.90 Å². The van der Waals surface area contributed by atoms with Crippen LogP contribution in [0.1, 0.15) is 25.9 Å². The van der Waals surface area contributed by atoms with E-state index in [-0.39, 0.29) is 11.7 Å². The summed E-state index contributed by atoms with van der Waals surface area (Å²) >= 11 is 1.40. The second-order valence-corrected chi connectivity index (χ2v) is 7.80. The molecule has 0 radical (unpaired) electrons. The topological polar surface area (TPSA) is 33.2 Å². The Morgan fingerprint density at radius 3 is 2.50 bits per heavy atom. The van der Waals surface area contributed by atoms with Gasteiger partial charge in [0, 0.05) is 19.2 Å². The summed E-state index contributed by atoms with van der Waals surface area (Å²) in [7, 11) is 1.78. The van der Waals surface area contributed by atoms with Crippen molar-refractivity contribution in [1.29, 1.82) is 0 Å². The molecule has 140 valence electrons. The lowest BCUT2D eigenvalue weighted by Gasteiger charge is -2.17. The van der Waals surface area contributed by atoms with Crippen LogP contribution >= 0.6 is 11.3 Å². The predicted octanol–water partition coefficient (Wildman–Crippen LogP) is 5.61. The van der Waals surface area contributed by atoms with E-state index >= 15 is 0 Å². The van der Waals surface area contributed by atoms with Crippen LogP contribution in [-0.4, -0.2) is 17.9 Å². The number of amides is 1. The van der Waals surface area contributed by atoms with E-state index in [1.165, 1.54) is 23.5 Å². The number of hydrogen-bond donors (Lipinski definition) is 0. The Labute approximate surface area is 167 Å². The molecule has 5 heteroatoms. The van der Waals surface area contributed by atoms with Gasteiger partial charge in [-0.05, 0) is 47.5 Å². The Bertz CT molecular complexity index is 1150. The highest BCUT2D eigenvalue weighted by Crippen LogP contribution is 2.26. The van der Waals surface area contributed by atoms with Gasteiger partial charge in [0.2, 0.25) is 0 Å². The summed E-state index contributed by atoms with van der Waals surface area (Å²) in [4.78, 5) is 19.9. The summed E-state index contributed by atoms with van der Waals surface area (Å²) in [5, 5.41) is 3.08. The minimum atomic E-state index is -0.257. The number of rotatable bonds is 4. The Hall–Kier alpha value is -3.05. The molecule has 1 amide bonds. The number of thiazole rings is 1. The number of halogens is 1. The predicted molar refractivity (Wildman–Crippen MR) is 113 cm³/mol. The van der Waals surface area contributed by atoms with Crippen LogP contribution in [0.15, 0.2) is 66.7 Å². The van der Waals surface area contributed by atoms with Gasteiger partial charge >= 0.3 is 0 Å². The van der Waals surface area contributed by atoms with Gasteiger partial charge in [-0.15, -0.1) is 11.3 Å². The first-order valence-electron chi connectivity index (χ1n) is 8.99. The largest absolute Gasteiger partial charge is 0.311 e. The van der Waals surface area contributed by atoms with E-state index in [0.717, 1.165) is 32.7 Å². The second kappa shape index (κ2) is 7.52. The maximum absolute atomic E-state index is 13.1. The van der Waals surface area contributed by atoms with Crippen LogP contribution in [-0.2, 0) is 6.42 Å². The molecule has 0 N–H and O–H groups in total. The zero-order chi connectivity index (χ0) is 19.7. The summed E-state index contributed by atoms with van der Waals surface area (Å²) in [6.45, 7) is 1.85. The minimum absolute atomic E-state index is 0.0735. The lowest BCUT2D eigenvalue weighted by atomic mass is 10.1. The van der Waals surface area contributed by atoms with E-state index in [9.17, 15) is 9.18 Å². The van der Waals surface area contributed by atoms with Gasteiger partial charge in [-0.25, -0.2) is 9.37 Å². The van der Waals surface area contributed by atoms with Crippen LogP contribution in [0.5, 0.6) is 0 Å². The van der Waals surface area contributed by atoms with E-state index in [1.54, 1.807) is 24.1 Å². The first kappa shape index (κ1) is 18.3. The van der Waals surface area contributed by atoms with Crippen molar-refractivity contribution in [2.75, 3.05) is 11.9 Å². The van der Waals surface area contributed by atoms with Gasteiger partial charge in [0.05, 0.1) is 10.7 Å². The van der Waals surface area contributed by atoms with Crippen molar-refractivity contribution >= 4 is 33.7 Å². The number of aryl methyl sites for hydroxylation is 1. The maximum Gasteiger partial charge on any atom is 0.270 e. The van der Waals surface area contributed by atoms with E-state index in [0.29, 0.717) is 11.3 Å². The molecule has 0 saturated heterocycles. The molecule has 0 unspecified atom stereocenters. The normalized spacial score (nSPS) is 11.0. The average Bonchev–Trinajstić information content (AvgIpc) is 3.08. The SMILES string of the molecule is Cc1nc(Cc2ccc(F)cc2)sc1C(=O)N(C)c1ccc2ccccc2c1. The average molecular weight is 390 g/mol. The monoisotopic (exact) mass is 390 g/mol. The zero-order valence-corrected chi connectivity index (χ0v) is 16.5. The van der Waals surface area contributed by atoms with Crippen LogP contribution in [0.2, 0.25) is 0 Å². The molecule has 1 heterocycles. The summed E-state index contributed by atoms with van der Waals surface area (Å²) < 4.78 is 13.1. The third-order valence-electron chi connectivity index (χ3n) is 4.73. The number of fused-ring (bicyclic) bond motifs is 1. The lowest BCUT2D eigenvalue weighted by molar-refractivity contribution is 0.0996. The summed E-state index contributed by atoms with van der Waals surface area (Å²) in [6, 6.07) is 20.4. The van der Waals surface area contributed by atoms with Gasteiger partial charge in [0.15, 0.2) is 0 Å². The molecule has 28 heavy (non-hydrogen) atoms. The Morgan fingerprint density at radius 1 is 1.04 bits per heavy atom. The standard InChI is InChI=1S/C23H19FN2OS/c1-15-22(28-21(25-15)13-16-7-10-19(24)11-8-16)23(27)26(2)20-12-9-17-5-3-4-6-18(17)14-20/h3-12,14H,13H2,1-2H3. The first-order valence-corrected chi connectivity index (χ1v) is 9.80. The zero-order valence-electron chi connectivity index (χ0n) is 15.6. The molecule has 1 aromatic heterocycles. The third kappa shape index (κ3) is 3.66. The molecular formula is C23H19FN2OS. The highest BCUT2D eigenvalue weighted by Gasteiger charge is 2.20. The molecule has 0 aliphatic carbocycles. The smallest absolute Gasteiger partial charge is 0.270 e. The summed E-state index contributed by atoms with van der Waals surface area (Å²) in [5.74, 6) is -0.331. The van der Waals surface area contributed by atoms with Crippen molar-refractivity contribution in [2.45, 2.75) is 13.3 Å². The fourth-order valence-corrected chi connectivity index (χ4v) is 4.23. The molecule has 3 aromatic carbocycles. The second-order valence-electron chi connectivity index (χ2n) is 6.72. The van der Waals surface area contributed by atoms with Gasteiger partial charge in [-0.1, -0.05) is 42.5 Å². The molecular weight excluding hydrogens is 371 g/mol. The van der Waals surface area contributed by atoms with Gasteiger partial charge in [-0.2, -0.15) is 0 Å². The molecule has 0 atom stereocenters. The van der Waals surface area contributed by atoms with Crippen molar-refractivity contribution in [3.8, 4) is 0 Å². The van der Waals surface area contributed by atoms with E-state index < -0.39 is 0 Å². The Kier molecular flexibility index (Phi) is 4.92. The van der Waals surface area contributed by atoms with Crippen LogP contribution in [0, 0.1) is 12.7 Å². The first-order chi connectivity index (χ1) is 13.5. The minimum Gasteiger partial charge on any atom is -0.311 e. The Morgan fingerprint density at radius 2 is 1.75 bits per heavy atom. The molecule has 4 rings (SSSR count). The third-order valence-corrected chi connectivity index (χ3v) is 5.87. The highest BCUT2D eigenvalue weighted by molar-refractivity contribution is 7.14. The van der Waals surface area contributed by atoms with Crippen molar-refractivity contribution in [2.24, 2.45) is 0 Å². The number of aromatic nitrogens is 1. The lowest BCUT2D eigenvalue weighted by Crippen LogP contribution is -2.25. The van der Waals surface area contributed by atoms with Crippen LogP contribution in [0.25, 0.3) is 10.8 Å². The number of benzene rings is 3. The molecule has 0 bridgehead atoms.